The number of nitrogens with one attached hydrogen (secondary N) is 1. The van der Waals surface area contributed by atoms with E-state index in [2.05, 4.69) is 62.5 Å². The van der Waals surface area contributed by atoms with Crippen molar-refractivity contribution in [3.05, 3.63) is 59.7 Å². The zero-order valence-corrected chi connectivity index (χ0v) is 12.7. The molecule has 0 saturated carbocycles. The van der Waals surface area contributed by atoms with Gasteiger partial charge in [-0.25, -0.2) is 0 Å². The molecule has 2 rings (SSSR count). The van der Waals surface area contributed by atoms with Crippen LogP contribution in [0, 0.1) is 0 Å². The highest BCUT2D eigenvalue weighted by atomic mass is 16.5. The van der Waals surface area contributed by atoms with Crippen molar-refractivity contribution in [3.63, 3.8) is 0 Å². The van der Waals surface area contributed by atoms with Gasteiger partial charge in [0, 0.05) is 11.7 Å². The van der Waals surface area contributed by atoms with Crippen LogP contribution in [-0.4, -0.2) is 7.11 Å². The first-order chi connectivity index (χ1) is 9.60. The number of rotatable bonds is 5. The van der Waals surface area contributed by atoms with Crippen molar-refractivity contribution in [2.45, 2.75) is 32.7 Å². The number of hydrogen-bond donors (Lipinski definition) is 1. The largest absolute Gasteiger partial charge is 0.497 e. The number of ether oxygens (including phenoxy) is 1. The maximum absolute atomic E-state index is 5.27. The van der Waals surface area contributed by atoms with E-state index in [0.29, 0.717) is 5.92 Å². The summed E-state index contributed by atoms with van der Waals surface area (Å²) < 4.78 is 5.27. The van der Waals surface area contributed by atoms with Crippen LogP contribution in [0.2, 0.25) is 0 Å². The molecule has 20 heavy (non-hydrogen) atoms. The topological polar surface area (TPSA) is 21.3 Å². The molecule has 0 heterocycles. The van der Waals surface area contributed by atoms with E-state index in [1.807, 2.05) is 12.1 Å². The molecular weight excluding hydrogens is 246 g/mol. The Labute approximate surface area is 121 Å². The molecule has 2 heteroatoms. The highest BCUT2D eigenvalue weighted by molar-refractivity contribution is 5.47. The molecule has 2 nitrogen and oxygen atoms in total. The van der Waals surface area contributed by atoms with Crippen LogP contribution in [0.4, 0.5) is 5.69 Å². The molecule has 0 aromatic heterocycles. The van der Waals surface area contributed by atoms with Crippen molar-refractivity contribution >= 4 is 5.69 Å². The first-order valence-corrected chi connectivity index (χ1v) is 7.10. The van der Waals surface area contributed by atoms with E-state index in [0.717, 1.165) is 11.4 Å². The minimum atomic E-state index is 0.245. The molecule has 0 saturated heterocycles. The monoisotopic (exact) mass is 269 g/mol. The first-order valence-electron chi connectivity index (χ1n) is 7.10. The fourth-order valence-electron chi connectivity index (χ4n) is 2.21. The van der Waals surface area contributed by atoms with Crippen LogP contribution in [0.5, 0.6) is 5.75 Å². The second-order valence-electron chi connectivity index (χ2n) is 5.42. The highest BCUT2D eigenvalue weighted by Crippen LogP contribution is 2.24. The maximum atomic E-state index is 5.27. The summed E-state index contributed by atoms with van der Waals surface area (Å²) in [5.74, 6) is 1.46. The first kappa shape index (κ1) is 14.4. The van der Waals surface area contributed by atoms with Crippen molar-refractivity contribution < 1.29 is 4.74 Å². The summed E-state index contributed by atoms with van der Waals surface area (Å²) in [5.41, 5.74) is 3.73. The Hall–Kier alpha value is -1.96. The van der Waals surface area contributed by atoms with Gasteiger partial charge in [-0.15, -0.1) is 0 Å². The van der Waals surface area contributed by atoms with Gasteiger partial charge in [0.1, 0.15) is 5.75 Å². The summed E-state index contributed by atoms with van der Waals surface area (Å²) in [6.45, 7) is 6.58. The molecule has 0 aliphatic rings. The molecule has 0 aliphatic carbocycles. The lowest BCUT2D eigenvalue weighted by molar-refractivity contribution is 0.414. The van der Waals surface area contributed by atoms with E-state index in [-0.39, 0.29) is 6.04 Å². The van der Waals surface area contributed by atoms with Gasteiger partial charge in [-0.2, -0.15) is 0 Å². The van der Waals surface area contributed by atoms with Gasteiger partial charge in [-0.1, -0.05) is 38.1 Å². The van der Waals surface area contributed by atoms with Crippen LogP contribution < -0.4 is 10.1 Å². The average Bonchev–Trinajstić information content (AvgIpc) is 2.47. The van der Waals surface area contributed by atoms with Crippen LogP contribution in [0.15, 0.2) is 48.5 Å². The lowest BCUT2D eigenvalue weighted by Crippen LogP contribution is -2.06. The van der Waals surface area contributed by atoms with Crippen LogP contribution in [0.25, 0.3) is 0 Å². The van der Waals surface area contributed by atoms with E-state index in [9.17, 15) is 0 Å². The number of anilines is 1. The Morgan fingerprint density at radius 3 is 2.20 bits per heavy atom. The minimum Gasteiger partial charge on any atom is -0.497 e. The summed E-state index contributed by atoms with van der Waals surface area (Å²) in [7, 11) is 1.70. The molecule has 0 fully saturated rings. The second-order valence-corrected chi connectivity index (χ2v) is 5.42. The number of benzene rings is 2. The van der Waals surface area contributed by atoms with Crippen molar-refractivity contribution in [1.29, 1.82) is 0 Å². The lowest BCUT2D eigenvalue weighted by atomic mass is 10.0. The minimum absolute atomic E-state index is 0.245. The van der Waals surface area contributed by atoms with Gasteiger partial charge in [0.2, 0.25) is 0 Å². The predicted molar refractivity (Wildman–Crippen MR) is 85.6 cm³/mol. The van der Waals surface area contributed by atoms with E-state index < -0.39 is 0 Å². The van der Waals surface area contributed by atoms with Gasteiger partial charge in [0.25, 0.3) is 0 Å². The summed E-state index contributed by atoms with van der Waals surface area (Å²) in [4.78, 5) is 0. The Balaban J connectivity index is 2.08. The fraction of sp³-hybridized carbons (Fsp3) is 0.333. The van der Waals surface area contributed by atoms with Gasteiger partial charge in [0.15, 0.2) is 0 Å². The molecule has 0 bridgehead atoms. The molecule has 2 aromatic rings. The van der Waals surface area contributed by atoms with Gasteiger partial charge in [-0.3, -0.25) is 0 Å². The van der Waals surface area contributed by atoms with E-state index in [1.165, 1.54) is 11.1 Å². The molecule has 106 valence electrons. The van der Waals surface area contributed by atoms with Crippen molar-refractivity contribution in [2.75, 3.05) is 12.4 Å². The summed E-state index contributed by atoms with van der Waals surface area (Å²) in [6.07, 6.45) is 0. The Morgan fingerprint density at radius 1 is 0.900 bits per heavy atom. The smallest absolute Gasteiger partial charge is 0.119 e. The van der Waals surface area contributed by atoms with Crippen LogP contribution in [0.1, 0.15) is 43.9 Å². The molecule has 0 aliphatic heterocycles. The zero-order chi connectivity index (χ0) is 14.5. The summed E-state index contributed by atoms with van der Waals surface area (Å²) >= 11 is 0. The van der Waals surface area contributed by atoms with E-state index in [4.69, 9.17) is 4.74 Å². The van der Waals surface area contributed by atoms with Gasteiger partial charge in [-0.05, 0) is 48.2 Å². The molecule has 0 radical (unpaired) electrons. The third-order valence-electron chi connectivity index (χ3n) is 3.55. The lowest BCUT2D eigenvalue weighted by Gasteiger charge is -2.17. The summed E-state index contributed by atoms with van der Waals surface area (Å²) in [6, 6.07) is 17.1. The molecular formula is C18H23NO. The molecule has 2 aromatic carbocycles. The SMILES string of the molecule is COc1cccc(C(C)Nc2ccc(C(C)C)cc2)c1. The Kier molecular flexibility index (Phi) is 4.67. The van der Waals surface area contributed by atoms with Crippen molar-refractivity contribution in [3.8, 4) is 5.75 Å². The zero-order valence-electron chi connectivity index (χ0n) is 12.7. The summed E-state index contributed by atoms with van der Waals surface area (Å²) in [5, 5.41) is 3.52. The number of methoxy groups -OCH3 is 1. The maximum Gasteiger partial charge on any atom is 0.119 e. The van der Waals surface area contributed by atoms with E-state index in [1.54, 1.807) is 7.11 Å². The van der Waals surface area contributed by atoms with Gasteiger partial charge >= 0.3 is 0 Å². The Bertz CT molecular complexity index is 546. The van der Waals surface area contributed by atoms with Crippen molar-refractivity contribution in [2.24, 2.45) is 0 Å². The Morgan fingerprint density at radius 2 is 1.60 bits per heavy atom. The molecule has 0 spiro atoms. The van der Waals surface area contributed by atoms with Crippen LogP contribution in [0.3, 0.4) is 0 Å². The normalized spacial score (nSPS) is 12.2. The number of hydrogen-bond acceptors (Lipinski definition) is 2. The van der Waals surface area contributed by atoms with Crippen molar-refractivity contribution in [1.82, 2.24) is 0 Å². The average molecular weight is 269 g/mol. The molecule has 1 atom stereocenters. The predicted octanol–water partition coefficient (Wildman–Crippen LogP) is 4.99. The van der Waals surface area contributed by atoms with E-state index >= 15 is 0 Å². The quantitative estimate of drug-likeness (QED) is 0.825. The second kappa shape index (κ2) is 6.47. The third kappa shape index (κ3) is 3.53. The van der Waals surface area contributed by atoms with Gasteiger partial charge < -0.3 is 10.1 Å². The highest BCUT2D eigenvalue weighted by Gasteiger charge is 2.06. The van der Waals surface area contributed by atoms with Crippen LogP contribution >= 0.6 is 0 Å². The van der Waals surface area contributed by atoms with Crippen LogP contribution in [-0.2, 0) is 0 Å². The molecule has 0 amide bonds. The molecule has 1 N–H and O–H groups in total. The fourth-order valence-corrected chi connectivity index (χ4v) is 2.21. The third-order valence-corrected chi connectivity index (χ3v) is 3.55. The molecule has 1 unspecified atom stereocenters. The standard InChI is InChI=1S/C18H23NO/c1-13(2)15-8-10-17(11-9-15)19-14(3)16-6-5-7-18(12-16)20-4/h5-14,19H,1-4H3. The van der Waals surface area contributed by atoms with Gasteiger partial charge in [0.05, 0.1) is 7.11 Å².